The van der Waals surface area contributed by atoms with Gasteiger partial charge in [0.2, 0.25) is 0 Å². The van der Waals surface area contributed by atoms with Crippen molar-refractivity contribution < 1.29 is 0 Å². The molecule has 0 aliphatic rings. The second kappa shape index (κ2) is 8.74. The maximum Gasteiger partial charge on any atom is 0.268 e. The van der Waals surface area contributed by atoms with Gasteiger partial charge in [-0.05, 0) is 32.7 Å². The summed E-state index contributed by atoms with van der Waals surface area (Å²) < 4.78 is 1.56. The first-order valence-corrected chi connectivity index (χ1v) is 7.57. The summed E-state index contributed by atoms with van der Waals surface area (Å²) in [4.78, 5) is 14.1. The topological polar surface area (TPSA) is 50.2 Å². The second-order valence-electron chi connectivity index (χ2n) is 5.23. The van der Waals surface area contributed by atoms with Crippen molar-refractivity contribution in [1.82, 2.24) is 15.1 Å². The molecule has 5 nitrogen and oxygen atoms in total. The highest BCUT2D eigenvalue weighted by atomic mass is 16.1. The third-order valence-corrected chi connectivity index (χ3v) is 3.68. The van der Waals surface area contributed by atoms with Crippen LogP contribution in [0, 0.1) is 0 Å². The lowest BCUT2D eigenvalue weighted by atomic mass is 10.1. The van der Waals surface area contributed by atoms with Gasteiger partial charge in [0.25, 0.3) is 5.56 Å². The normalized spacial score (nSPS) is 12.4. The molecule has 0 fully saturated rings. The van der Waals surface area contributed by atoms with Crippen molar-refractivity contribution in [3.8, 4) is 0 Å². The zero-order valence-corrected chi connectivity index (χ0v) is 13.2. The Labute approximate surface area is 122 Å². The lowest BCUT2D eigenvalue weighted by Gasteiger charge is -2.18. The van der Waals surface area contributed by atoms with E-state index in [4.69, 9.17) is 0 Å². The van der Waals surface area contributed by atoms with Crippen LogP contribution in [-0.2, 0) is 6.54 Å². The summed E-state index contributed by atoms with van der Waals surface area (Å²) in [6.45, 7) is 5.92. The fourth-order valence-corrected chi connectivity index (χ4v) is 2.31. The summed E-state index contributed by atoms with van der Waals surface area (Å²) >= 11 is 0. The molecule has 1 atom stereocenters. The lowest BCUT2D eigenvalue weighted by Crippen LogP contribution is -2.28. The molecule has 0 bridgehead atoms. The summed E-state index contributed by atoms with van der Waals surface area (Å²) in [7, 11) is 3.97. The lowest BCUT2D eigenvalue weighted by molar-refractivity contribution is 0.449. The van der Waals surface area contributed by atoms with Crippen molar-refractivity contribution in [1.29, 1.82) is 0 Å². The first-order valence-electron chi connectivity index (χ1n) is 7.57. The van der Waals surface area contributed by atoms with Crippen LogP contribution in [0.15, 0.2) is 17.1 Å². The maximum absolute atomic E-state index is 12.0. The van der Waals surface area contributed by atoms with Gasteiger partial charge in [0.15, 0.2) is 0 Å². The molecule has 0 radical (unpaired) electrons. The number of rotatable bonds is 9. The molecular weight excluding hydrogens is 252 g/mol. The fraction of sp³-hybridized carbons (Fsp3) is 0.733. The first-order chi connectivity index (χ1) is 9.62. The molecule has 0 aromatic carbocycles. The van der Waals surface area contributed by atoms with E-state index in [1.165, 1.54) is 0 Å². The van der Waals surface area contributed by atoms with Crippen molar-refractivity contribution in [2.75, 3.05) is 25.5 Å². The summed E-state index contributed by atoms with van der Waals surface area (Å²) in [5, 5.41) is 7.55. The maximum atomic E-state index is 12.0. The van der Waals surface area contributed by atoms with Crippen molar-refractivity contribution >= 4 is 5.69 Å². The van der Waals surface area contributed by atoms with E-state index in [-0.39, 0.29) is 5.56 Å². The van der Waals surface area contributed by atoms with Crippen LogP contribution in [0.25, 0.3) is 0 Å². The van der Waals surface area contributed by atoms with Gasteiger partial charge < -0.3 is 10.2 Å². The summed E-state index contributed by atoms with van der Waals surface area (Å²) in [6.07, 6.45) is 5.99. The minimum absolute atomic E-state index is 0.0111. The SMILES string of the molecule is CCCN(C)c1cnn(CCCC(CC)NC)c(=O)c1. The van der Waals surface area contributed by atoms with E-state index in [0.717, 1.165) is 37.9 Å². The standard InChI is InChI=1S/C15H28N4O/c1-5-9-18(4)14-11-15(20)19(17-12-14)10-7-8-13(6-2)16-3/h11-13,16H,5-10H2,1-4H3. The Morgan fingerprint density at radius 2 is 2.20 bits per heavy atom. The van der Waals surface area contributed by atoms with Crippen LogP contribution in [0.5, 0.6) is 0 Å². The van der Waals surface area contributed by atoms with E-state index in [1.54, 1.807) is 16.9 Å². The number of anilines is 1. The molecule has 0 saturated carbocycles. The number of aromatic nitrogens is 2. The van der Waals surface area contributed by atoms with Crippen molar-refractivity contribution in [3.05, 3.63) is 22.6 Å². The van der Waals surface area contributed by atoms with Crippen LogP contribution < -0.4 is 15.8 Å². The molecule has 20 heavy (non-hydrogen) atoms. The number of hydrogen-bond donors (Lipinski definition) is 1. The van der Waals surface area contributed by atoms with Gasteiger partial charge in [0, 0.05) is 32.2 Å². The second-order valence-corrected chi connectivity index (χ2v) is 5.23. The van der Waals surface area contributed by atoms with Gasteiger partial charge in [-0.3, -0.25) is 4.79 Å². The number of aryl methyl sites for hydroxylation is 1. The van der Waals surface area contributed by atoms with E-state index in [0.29, 0.717) is 12.6 Å². The van der Waals surface area contributed by atoms with E-state index in [1.807, 2.05) is 14.1 Å². The zero-order chi connectivity index (χ0) is 15.0. The molecule has 5 heteroatoms. The number of nitrogens with one attached hydrogen (secondary N) is 1. The highest BCUT2D eigenvalue weighted by Crippen LogP contribution is 2.07. The summed E-state index contributed by atoms with van der Waals surface area (Å²) in [6, 6.07) is 2.21. The Morgan fingerprint density at radius 1 is 1.45 bits per heavy atom. The van der Waals surface area contributed by atoms with E-state index in [2.05, 4.69) is 29.2 Å². The molecule has 0 aliphatic heterocycles. The molecule has 1 unspecified atom stereocenters. The van der Waals surface area contributed by atoms with Crippen LogP contribution in [0.3, 0.4) is 0 Å². The Kier molecular flexibility index (Phi) is 7.30. The number of nitrogens with zero attached hydrogens (tertiary/aromatic N) is 3. The Morgan fingerprint density at radius 3 is 2.75 bits per heavy atom. The van der Waals surface area contributed by atoms with Gasteiger partial charge in [0.1, 0.15) is 0 Å². The van der Waals surface area contributed by atoms with Crippen LogP contribution in [0.2, 0.25) is 0 Å². The molecule has 0 aliphatic carbocycles. The first kappa shape index (κ1) is 16.7. The quantitative estimate of drug-likeness (QED) is 0.750. The van der Waals surface area contributed by atoms with E-state index in [9.17, 15) is 4.79 Å². The van der Waals surface area contributed by atoms with Gasteiger partial charge in [-0.1, -0.05) is 13.8 Å². The summed E-state index contributed by atoms with van der Waals surface area (Å²) in [5.74, 6) is 0. The zero-order valence-electron chi connectivity index (χ0n) is 13.2. The number of hydrogen-bond acceptors (Lipinski definition) is 4. The van der Waals surface area contributed by atoms with Crippen molar-refractivity contribution in [2.45, 2.75) is 52.1 Å². The Hall–Kier alpha value is -1.36. The molecule has 1 aromatic heterocycles. The van der Waals surface area contributed by atoms with E-state index >= 15 is 0 Å². The van der Waals surface area contributed by atoms with E-state index < -0.39 is 0 Å². The Balaban J connectivity index is 2.58. The molecule has 1 heterocycles. The van der Waals surface area contributed by atoms with Crippen molar-refractivity contribution in [2.24, 2.45) is 0 Å². The van der Waals surface area contributed by atoms with Crippen LogP contribution in [0.4, 0.5) is 5.69 Å². The third-order valence-electron chi connectivity index (χ3n) is 3.68. The van der Waals surface area contributed by atoms with Gasteiger partial charge in [-0.2, -0.15) is 5.10 Å². The smallest absolute Gasteiger partial charge is 0.268 e. The average Bonchev–Trinajstić information content (AvgIpc) is 2.45. The Bertz CT molecular complexity index is 440. The summed E-state index contributed by atoms with van der Waals surface area (Å²) in [5.41, 5.74) is 0.887. The fourth-order valence-electron chi connectivity index (χ4n) is 2.31. The van der Waals surface area contributed by atoms with Crippen LogP contribution >= 0.6 is 0 Å². The predicted octanol–water partition coefficient (Wildman–Crippen LogP) is 1.87. The largest absolute Gasteiger partial charge is 0.373 e. The molecule has 1 rings (SSSR count). The molecular formula is C15H28N4O. The molecule has 114 valence electrons. The van der Waals surface area contributed by atoms with Gasteiger partial charge >= 0.3 is 0 Å². The minimum Gasteiger partial charge on any atom is -0.373 e. The minimum atomic E-state index is -0.0111. The molecule has 1 N–H and O–H groups in total. The molecule has 1 aromatic rings. The van der Waals surface area contributed by atoms with Gasteiger partial charge in [-0.15, -0.1) is 0 Å². The van der Waals surface area contributed by atoms with Crippen molar-refractivity contribution in [3.63, 3.8) is 0 Å². The highest BCUT2D eigenvalue weighted by Gasteiger charge is 2.06. The van der Waals surface area contributed by atoms with Gasteiger partial charge in [0.05, 0.1) is 11.9 Å². The third kappa shape index (κ3) is 4.96. The highest BCUT2D eigenvalue weighted by molar-refractivity contribution is 5.41. The van der Waals surface area contributed by atoms with Crippen LogP contribution in [-0.4, -0.2) is 36.5 Å². The predicted molar refractivity (Wildman–Crippen MR) is 84.4 cm³/mol. The monoisotopic (exact) mass is 280 g/mol. The molecule has 0 spiro atoms. The average molecular weight is 280 g/mol. The van der Waals surface area contributed by atoms with Gasteiger partial charge in [-0.25, -0.2) is 4.68 Å². The van der Waals surface area contributed by atoms with Crippen LogP contribution in [0.1, 0.15) is 39.5 Å². The molecule has 0 amide bonds. The molecule has 0 saturated heterocycles.